The van der Waals surface area contributed by atoms with Gasteiger partial charge in [0.1, 0.15) is 11.4 Å². The van der Waals surface area contributed by atoms with Crippen LogP contribution in [0, 0.1) is 6.92 Å². The molecule has 0 fully saturated rings. The van der Waals surface area contributed by atoms with E-state index in [2.05, 4.69) is 5.16 Å². The van der Waals surface area contributed by atoms with Crippen LogP contribution in [-0.4, -0.2) is 12.3 Å². The Labute approximate surface area is 123 Å². The molecule has 0 aliphatic heterocycles. The predicted octanol–water partition coefficient (Wildman–Crippen LogP) is 3.91. The molecule has 0 radical (unpaired) electrons. The van der Waals surface area contributed by atoms with Gasteiger partial charge in [-0.3, -0.25) is 0 Å². The number of methoxy groups -OCH3 is 1. The van der Waals surface area contributed by atoms with Gasteiger partial charge in [-0.25, -0.2) is 0 Å². The van der Waals surface area contributed by atoms with Crippen LogP contribution in [0.3, 0.4) is 0 Å². The summed E-state index contributed by atoms with van der Waals surface area (Å²) < 4.78 is 10.4. The molecule has 0 saturated carbocycles. The first kappa shape index (κ1) is 13.2. The summed E-state index contributed by atoms with van der Waals surface area (Å²) in [5.41, 5.74) is 10.6. The van der Waals surface area contributed by atoms with Gasteiger partial charge in [0, 0.05) is 5.56 Å². The molecule has 4 nitrogen and oxygen atoms in total. The number of hydrogen-bond acceptors (Lipinski definition) is 4. The number of aryl methyl sites for hydroxylation is 1. The number of ether oxygens (including phenoxy) is 1. The molecule has 1 aromatic heterocycles. The van der Waals surface area contributed by atoms with Gasteiger partial charge in [-0.2, -0.15) is 0 Å². The monoisotopic (exact) mass is 280 g/mol. The van der Waals surface area contributed by atoms with Gasteiger partial charge in [-0.1, -0.05) is 35.0 Å². The van der Waals surface area contributed by atoms with Gasteiger partial charge in [-0.15, -0.1) is 0 Å². The van der Waals surface area contributed by atoms with Crippen LogP contribution in [-0.2, 0) is 0 Å². The molecule has 2 N–H and O–H groups in total. The molecule has 0 unspecified atom stereocenters. The fraction of sp³-hybridized carbons (Fsp3) is 0.118. The number of benzene rings is 2. The number of hydrogen-bond donors (Lipinski definition) is 1. The Morgan fingerprint density at radius 1 is 0.952 bits per heavy atom. The lowest BCUT2D eigenvalue weighted by Gasteiger charge is -2.04. The maximum absolute atomic E-state index is 5.95. The number of nitrogens with two attached hydrogens (primary N) is 1. The van der Waals surface area contributed by atoms with Crippen LogP contribution in [0.4, 0.5) is 5.88 Å². The summed E-state index contributed by atoms with van der Waals surface area (Å²) in [7, 11) is 1.64. The molecule has 3 aromatic rings. The van der Waals surface area contributed by atoms with E-state index in [1.807, 2.05) is 55.5 Å². The van der Waals surface area contributed by atoms with E-state index < -0.39 is 0 Å². The fourth-order valence-corrected chi connectivity index (χ4v) is 2.25. The molecule has 0 spiro atoms. The number of rotatable bonds is 3. The lowest BCUT2D eigenvalue weighted by atomic mass is 10.00. The average Bonchev–Trinajstić information content (AvgIpc) is 2.90. The summed E-state index contributed by atoms with van der Waals surface area (Å²) in [4.78, 5) is 0. The smallest absolute Gasteiger partial charge is 0.230 e. The first-order valence-corrected chi connectivity index (χ1v) is 6.65. The van der Waals surface area contributed by atoms with Crippen molar-refractivity contribution in [2.24, 2.45) is 0 Å². The first-order valence-electron chi connectivity index (χ1n) is 6.65. The second-order valence-electron chi connectivity index (χ2n) is 4.86. The van der Waals surface area contributed by atoms with Crippen molar-refractivity contribution in [3.63, 3.8) is 0 Å². The van der Waals surface area contributed by atoms with Crippen molar-refractivity contribution in [3.8, 4) is 28.1 Å². The predicted molar refractivity (Wildman–Crippen MR) is 83.1 cm³/mol. The highest BCUT2D eigenvalue weighted by Crippen LogP contribution is 2.36. The highest BCUT2D eigenvalue weighted by molar-refractivity contribution is 5.86. The highest BCUT2D eigenvalue weighted by atomic mass is 16.5. The third-order valence-electron chi connectivity index (χ3n) is 3.42. The quantitative estimate of drug-likeness (QED) is 0.790. The van der Waals surface area contributed by atoms with E-state index >= 15 is 0 Å². The van der Waals surface area contributed by atoms with Gasteiger partial charge in [0.15, 0.2) is 0 Å². The van der Waals surface area contributed by atoms with Gasteiger partial charge in [0.25, 0.3) is 0 Å². The van der Waals surface area contributed by atoms with Crippen LogP contribution in [0.5, 0.6) is 5.75 Å². The minimum absolute atomic E-state index is 0.324. The molecule has 4 heteroatoms. The van der Waals surface area contributed by atoms with Crippen molar-refractivity contribution in [2.75, 3.05) is 12.8 Å². The van der Waals surface area contributed by atoms with Crippen molar-refractivity contribution >= 4 is 5.88 Å². The molecular weight excluding hydrogens is 264 g/mol. The van der Waals surface area contributed by atoms with E-state index in [0.717, 1.165) is 28.1 Å². The minimum atomic E-state index is 0.324. The minimum Gasteiger partial charge on any atom is -0.497 e. The SMILES string of the molecule is COc1ccc(-c2noc(N)c2-c2ccc(C)cc2)cc1. The molecule has 0 atom stereocenters. The molecule has 0 amide bonds. The van der Waals surface area contributed by atoms with Crippen LogP contribution in [0.25, 0.3) is 22.4 Å². The third-order valence-corrected chi connectivity index (χ3v) is 3.42. The van der Waals surface area contributed by atoms with Crippen LogP contribution in [0.1, 0.15) is 5.56 Å². The van der Waals surface area contributed by atoms with Crippen LogP contribution < -0.4 is 10.5 Å². The van der Waals surface area contributed by atoms with Crippen LogP contribution >= 0.6 is 0 Å². The Morgan fingerprint density at radius 2 is 1.57 bits per heavy atom. The molecule has 106 valence electrons. The van der Waals surface area contributed by atoms with Gasteiger partial charge >= 0.3 is 0 Å². The Kier molecular flexibility index (Phi) is 3.36. The lowest BCUT2D eigenvalue weighted by molar-refractivity contribution is 0.415. The molecule has 0 aliphatic carbocycles. The zero-order valence-corrected chi connectivity index (χ0v) is 12.0. The van der Waals surface area contributed by atoms with Gasteiger partial charge in [0.05, 0.1) is 12.7 Å². The molecule has 0 bridgehead atoms. The zero-order valence-electron chi connectivity index (χ0n) is 12.0. The second kappa shape index (κ2) is 5.32. The average molecular weight is 280 g/mol. The van der Waals surface area contributed by atoms with E-state index in [0.29, 0.717) is 5.88 Å². The van der Waals surface area contributed by atoms with E-state index in [9.17, 15) is 0 Å². The summed E-state index contributed by atoms with van der Waals surface area (Å²) in [6.07, 6.45) is 0. The van der Waals surface area contributed by atoms with Gasteiger partial charge in [0.2, 0.25) is 5.88 Å². The summed E-state index contributed by atoms with van der Waals surface area (Å²) in [6.45, 7) is 2.05. The van der Waals surface area contributed by atoms with Gasteiger partial charge < -0.3 is 15.0 Å². The van der Waals surface area contributed by atoms with E-state index in [4.69, 9.17) is 15.0 Å². The number of nitrogen functional groups attached to an aromatic ring is 1. The fourth-order valence-electron chi connectivity index (χ4n) is 2.25. The summed E-state index contributed by atoms with van der Waals surface area (Å²) in [5.74, 6) is 1.12. The Balaban J connectivity index is 2.09. The molecule has 1 heterocycles. The second-order valence-corrected chi connectivity index (χ2v) is 4.86. The Hall–Kier alpha value is -2.75. The maximum Gasteiger partial charge on any atom is 0.230 e. The molecule has 0 aliphatic rings. The standard InChI is InChI=1S/C17H16N2O2/c1-11-3-5-12(6-4-11)15-16(19-21-17(15)18)13-7-9-14(20-2)10-8-13/h3-10H,18H2,1-2H3. The van der Waals surface area contributed by atoms with E-state index in [1.54, 1.807) is 7.11 Å². The number of aromatic nitrogens is 1. The molecule has 2 aromatic carbocycles. The Bertz CT molecular complexity index is 743. The summed E-state index contributed by atoms with van der Waals surface area (Å²) in [6, 6.07) is 15.8. The lowest BCUT2D eigenvalue weighted by Crippen LogP contribution is -1.88. The van der Waals surface area contributed by atoms with Crippen molar-refractivity contribution < 1.29 is 9.26 Å². The highest BCUT2D eigenvalue weighted by Gasteiger charge is 2.17. The first-order chi connectivity index (χ1) is 10.2. The molecule has 0 saturated heterocycles. The number of anilines is 1. The summed E-state index contributed by atoms with van der Waals surface area (Å²) in [5, 5.41) is 4.10. The van der Waals surface area contributed by atoms with Crippen molar-refractivity contribution in [1.29, 1.82) is 0 Å². The molecule has 3 rings (SSSR count). The Morgan fingerprint density at radius 3 is 2.19 bits per heavy atom. The molecule has 21 heavy (non-hydrogen) atoms. The van der Waals surface area contributed by atoms with Gasteiger partial charge in [-0.05, 0) is 36.8 Å². The maximum atomic E-state index is 5.95. The van der Waals surface area contributed by atoms with Crippen molar-refractivity contribution in [2.45, 2.75) is 6.92 Å². The van der Waals surface area contributed by atoms with Crippen LogP contribution in [0.15, 0.2) is 53.1 Å². The zero-order chi connectivity index (χ0) is 14.8. The van der Waals surface area contributed by atoms with Crippen LogP contribution in [0.2, 0.25) is 0 Å². The summed E-state index contributed by atoms with van der Waals surface area (Å²) >= 11 is 0. The van der Waals surface area contributed by atoms with Crippen molar-refractivity contribution in [3.05, 3.63) is 54.1 Å². The van der Waals surface area contributed by atoms with Crippen molar-refractivity contribution in [1.82, 2.24) is 5.16 Å². The third kappa shape index (κ3) is 2.48. The van der Waals surface area contributed by atoms with E-state index in [-0.39, 0.29) is 0 Å². The number of nitrogens with zero attached hydrogens (tertiary/aromatic N) is 1. The van der Waals surface area contributed by atoms with E-state index in [1.165, 1.54) is 5.56 Å². The normalized spacial score (nSPS) is 10.6. The largest absolute Gasteiger partial charge is 0.497 e. The molecular formula is C17H16N2O2. The topological polar surface area (TPSA) is 61.3 Å².